The lowest BCUT2D eigenvalue weighted by Gasteiger charge is -2.18. The van der Waals surface area contributed by atoms with E-state index in [-0.39, 0.29) is 6.04 Å². The lowest BCUT2D eigenvalue weighted by molar-refractivity contribution is 0.495. The molecule has 1 atom stereocenters. The van der Waals surface area contributed by atoms with Gasteiger partial charge in [-0.2, -0.15) is 0 Å². The highest BCUT2D eigenvalue weighted by Gasteiger charge is 2.14. The molecule has 114 valence electrons. The molecule has 0 aliphatic rings. The minimum Gasteiger partial charge on any atom is -0.335 e. The Morgan fingerprint density at radius 1 is 1.14 bits per heavy atom. The standard InChI is InChI=1S/C16H21F2N3/c1-3-19-15(11-16-20-5-6-21(16)4-2)9-12-7-13(17)10-14(18)8-12/h5-8,10,15,19H,3-4,9,11H2,1-2H3. The molecule has 0 bridgehead atoms. The molecule has 0 spiro atoms. The smallest absolute Gasteiger partial charge is 0.126 e. The maximum Gasteiger partial charge on any atom is 0.126 e. The van der Waals surface area contributed by atoms with Crippen LogP contribution in [-0.4, -0.2) is 22.1 Å². The van der Waals surface area contributed by atoms with Crippen LogP contribution in [-0.2, 0) is 19.4 Å². The molecule has 1 unspecified atom stereocenters. The zero-order valence-corrected chi connectivity index (χ0v) is 12.4. The quantitative estimate of drug-likeness (QED) is 0.850. The summed E-state index contributed by atoms with van der Waals surface area (Å²) in [6, 6.07) is 3.78. The lowest BCUT2D eigenvalue weighted by Crippen LogP contribution is -2.34. The summed E-state index contributed by atoms with van der Waals surface area (Å²) in [4.78, 5) is 4.36. The molecule has 0 saturated heterocycles. The minimum atomic E-state index is -0.532. The summed E-state index contributed by atoms with van der Waals surface area (Å²) >= 11 is 0. The number of rotatable bonds is 7. The van der Waals surface area contributed by atoms with Gasteiger partial charge in [-0.05, 0) is 37.6 Å². The van der Waals surface area contributed by atoms with Crippen molar-refractivity contribution in [2.75, 3.05) is 6.54 Å². The number of hydrogen-bond donors (Lipinski definition) is 1. The molecule has 0 aliphatic carbocycles. The van der Waals surface area contributed by atoms with E-state index in [1.807, 2.05) is 13.1 Å². The van der Waals surface area contributed by atoms with Gasteiger partial charge in [-0.15, -0.1) is 0 Å². The number of benzene rings is 1. The Hall–Kier alpha value is -1.75. The van der Waals surface area contributed by atoms with Crippen LogP contribution in [0.1, 0.15) is 25.2 Å². The van der Waals surface area contributed by atoms with Crippen LogP contribution >= 0.6 is 0 Å². The van der Waals surface area contributed by atoms with E-state index in [0.29, 0.717) is 12.0 Å². The van der Waals surface area contributed by atoms with Gasteiger partial charge in [-0.1, -0.05) is 6.92 Å². The van der Waals surface area contributed by atoms with Gasteiger partial charge in [0.25, 0.3) is 0 Å². The fourth-order valence-corrected chi connectivity index (χ4v) is 2.56. The van der Waals surface area contributed by atoms with Gasteiger partial charge < -0.3 is 9.88 Å². The number of nitrogens with one attached hydrogen (secondary N) is 1. The Labute approximate surface area is 124 Å². The van der Waals surface area contributed by atoms with Crippen molar-refractivity contribution in [3.63, 3.8) is 0 Å². The van der Waals surface area contributed by atoms with Gasteiger partial charge in [-0.3, -0.25) is 0 Å². The molecule has 21 heavy (non-hydrogen) atoms. The SMILES string of the molecule is CCNC(Cc1cc(F)cc(F)c1)Cc1nccn1CC. The molecular weight excluding hydrogens is 272 g/mol. The number of nitrogens with zero attached hydrogens (tertiary/aromatic N) is 2. The Balaban J connectivity index is 2.11. The van der Waals surface area contributed by atoms with E-state index in [0.717, 1.165) is 31.4 Å². The van der Waals surface area contributed by atoms with E-state index in [9.17, 15) is 8.78 Å². The fourth-order valence-electron chi connectivity index (χ4n) is 2.56. The molecule has 2 rings (SSSR count). The van der Waals surface area contributed by atoms with Crippen LogP contribution in [0.25, 0.3) is 0 Å². The van der Waals surface area contributed by atoms with Crippen LogP contribution in [0, 0.1) is 11.6 Å². The van der Waals surface area contributed by atoms with Crippen molar-refractivity contribution >= 4 is 0 Å². The third-order valence-corrected chi connectivity index (χ3v) is 3.47. The number of hydrogen-bond acceptors (Lipinski definition) is 2. The monoisotopic (exact) mass is 293 g/mol. The Kier molecular flexibility index (Phi) is 5.44. The Morgan fingerprint density at radius 2 is 1.86 bits per heavy atom. The summed E-state index contributed by atoms with van der Waals surface area (Å²) in [6.07, 6.45) is 5.02. The van der Waals surface area contributed by atoms with Crippen LogP contribution in [0.15, 0.2) is 30.6 Å². The van der Waals surface area contributed by atoms with Crippen molar-refractivity contribution < 1.29 is 8.78 Å². The van der Waals surface area contributed by atoms with Crippen molar-refractivity contribution in [3.8, 4) is 0 Å². The molecular formula is C16H21F2N3. The van der Waals surface area contributed by atoms with Gasteiger partial charge in [0.2, 0.25) is 0 Å². The Morgan fingerprint density at radius 3 is 2.48 bits per heavy atom. The number of imidazole rings is 1. The summed E-state index contributed by atoms with van der Waals surface area (Å²) in [6.45, 7) is 5.75. The first-order valence-corrected chi connectivity index (χ1v) is 7.30. The third-order valence-electron chi connectivity index (χ3n) is 3.47. The van der Waals surface area contributed by atoms with Gasteiger partial charge >= 0.3 is 0 Å². The molecule has 1 aromatic carbocycles. The van der Waals surface area contributed by atoms with Crippen molar-refractivity contribution in [3.05, 3.63) is 53.6 Å². The number of aromatic nitrogens is 2. The topological polar surface area (TPSA) is 29.9 Å². The van der Waals surface area contributed by atoms with Crippen LogP contribution < -0.4 is 5.32 Å². The van der Waals surface area contributed by atoms with E-state index < -0.39 is 11.6 Å². The predicted octanol–water partition coefficient (Wildman–Crippen LogP) is 2.94. The minimum absolute atomic E-state index is 0.101. The number of halogens is 2. The fraction of sp³-hybridized carbons (Fsp3) is 0.438. The molecule has 1 heterocycles. The first-order valence-electron chi connectivity index (χ1n) is 7.30. The van der Waals surface area contributed by atoms with Crippen molar-refractivity contribution in [1.82, 2.24) is 14.9 Å². The number of likely N-dealkylation sites (N-methyl/N-ethyl adjacent to an activating group) is 1. The van der Waals surface area contributed by atoms with Gasteiger partial charge in [0.05, 0.1) is 0 Å². The van der Waals surface area contributed by atoms with E-state index in [1.165, 1.54) is 12.1 Å². The second-order valence-electron chi connectivity index (χ2n) is 5.07. The van der Waals surface area contributed by atoms with Crippen LogP contribution in [0.3, 0.4) is 0 Å². The molecule has 1 N–H and O–H groups in total. The highest BCUT2D eigenvalue weighted by molar-refractivity contribution is 5.19. The summed E-state index contributed by atoms with van der Waals surface area (Å²) in [5.74, 6) is -0.0778. The van der Waals surface area contributed by atoms with Crippen molar-refractivity contribution in [2.24, 2.45) is 0 Å². The highest BCUT2D eigenvalue weighted by atomic mass is 19.1. The van der Waals surface area contributed by atoms with Gasteiger partial charge in [-0.25, -0.2) is 13.8 Å². The molecule has 1 aromatic heterocycles. The maximum atomic E-state index is 13.3. The molecule has 0 aliphatic heterocycles. The summed E-state index contributed by atoms with van der Waals surface area (Å²) in [5, 5.41) is 3.36. The molecule has 2 aromatic rings. The number of aryl methyl sites for hydroxylation is 1. The van der Waals surface area contributed by atoms with Crippen LogP contribution in [0.5, 0.6) is 0 Å². The first-order chi connectivity index (χ1) is 10.1. The highest BCUT2D eigenvalue weighted by Crippen LogP contribution is 2.12. The van der Waals surface area contributed by atoms with E-state index in [2.05, 4.69) is 21.8 Å². The van der Waals surface area contributed by atoms with E-state index >= 15 is 0 Å². The molecule has 0 amide bonds. The van der Waals surface area contributed by atoms with Gasteiger partial charge in [0, 0.05) is 37.5 Å². The van der Waals surface area contributed by atoms with E-state index in [4.69, 9.17) is 0 Å². The third kappa shape index (κ3) is 4.36. The first kappa shape index (κ1) is 15.6. The molecule has 5 heteroatoms. The second kappa shape index (κ2) is 7.31. The summed E-state index contributed by atoms with van der Waals surface area (Å²) in [5.41, 5.74) is 0.660. The predicted molar refractivity (Wildman–Crippen MR) is 79.1 cm³/mol. The molecule has 0 fully saturated rings. The van der Waals surface area contributed by atoms with Crippen molar-refractivity contribution in [2.45, 2.75) is 39.3 Å². The summed E-state index contributed by atoms with van der Waals surface area (Å²) in [7, 11) is 0. The van der Waals surface area contributed by atoms with Gasteiger partial charge in [0.15, 0.2) is 0 Å². The Bertz CT molecular complexity index is 560. The largest absolute Gasteiger partial charge is 0.335 e. The van der Waals surface area contributed by atoms with E-state index in [1.54, 1.807) is 6.20 Å². The average molecular weight is 293 g/mol. The van der Waals surface area contributed by atoms with Crippen molar-refractivity contribution in [1.29, 1.82) is 0 Å². The summed E-state index contributed by atoms with van der Waals surface area (Å²) < 4.78 is 28.6. The zero-order valence-electron chi connectivity index (χ0n) is 12.4. The molecule has 0 radical (unpaired) electrons. The lowest BCUT2D eigenvalue weighted by atomic mass is 10.0. The molecule has 3 nitrogen and oxygen atoms in total. The molecule has 0 saturated carbocycles. The maximum absolute atomic E-state index is 13.3. The van der Waals surface area contributed by atoms with Crippen LogP contribution in [0.2, 0.25) is 0 Å². The van der Waals surface area contributed by atoms with Gasteiger partial charge in [0.1, 0.15) is 17.5 Å². The average Bonchev–Trinajstić information content (AvgIpc) is 2.85. The zero-order chi connectivity index (χ0) is 15.2. The normalized spacial score (nSPS) is 12.6. The van der Waals surface area contributed by atoms with Crippen LogP contribution in [0.4, 0.5) is 8.78 Å². The second-order valence-corrected chi connectivity index (χ2v) is 5.07.